The summed E-state index contributed by atoms with van der Waals surface area (Å²) < 4.78 is 0.391. The van der Waals surface area contributed by atoms with Crippen LogP contribution in [0.2, 0.25) is 10.0 Å². The lowest BCUT2D eigenvalue weighted by molar-refractivity contribution is -0.387. The molecule has 0 saturated heterocycles. The fourth-order valence-electron chi connectivity index (χ4n) is 1.50. The SMILES string of the molecule is O=[N+]([O-])c1cc(Cl)ccc1SC(=S)Nc1ccc(Cl)cc1. The largest absolute Gasteiger partial charge is 0.341 e. The lowest BCUT2D eigenvalue weighted by Crippen LogP contribution is -2.04. The van der Waals surface area contributed by atoms with Crippen molar-refractivity contribution in [3.05, 3.63) is 62.6 Å². The molecule has 0 aliphatic carbocycles. The highest BCUT2D eigenvalue weighted by molar-refractivity contribution is 8.23. The lowest BCUT2D eigenvalue weighted by atomic mass is 10.3. The summed E-state index contributed by atoms with van der Waals surface area (Å²) in [6.45, 7) is 0. The number of thioether (sulfide) groups is 1. The summed E-state index contributed by atoms with van der Waals surface area (Å²) in [7, 11) is 0. The zero-order valence-electron chi connectivity index (χ0n) is 10.4. The molecule has 0 radical (unpaired) electrons. The van der Waals surface area contributed by atoms with E-state index >= 15 is 0 Å². The quantitative estimate of drug-likeness (QED) is 0.345. The van der Waals surface area contributed by atoms with Gasteiger partial charge in [-0.2, -0.15) is 0 Å². The molecule has 0 spiro atoms. The molecule has 108 valence electrons. The number of nitro benzene ring substituents is 1. The van der Waals surface area contributed by atoms with Gasteiger partial charge in [0.05, 0.1) is 9.82 Å². The van der Waals surface area contributed by atoms with Gasteiger partial charge in [0.15, 0.2) is 0 Å². The van der Waals surface area contributed by atoms with Crippen LogP contribution in [0.25, 0.3) is 0 Å². The van der Waals surface area contributed by atoms with E-state index in [1.807, 2.05) is 0 Å². The van der Waals surface area contributed by atoms with E-state index in [1.54, 1.807) is 36.4 Å². The number of benzene rings is 2. The molecule has 1 N–H and O–H groups in total. The molecule has 0 aromatic heterocycles. The second-order valence-electron chi connectivity index (χ2n) is 3.89. The number of nitrogens with one attached hydrogen (secondary N) is 1. The van der Waals surface area contributed by atoms with E-state index < -0.39 is 4.92 Å². The lowest BCUT2D eigenvalue weighted by Gasteiger charge is -2.08. The molecule has 0 amide bonds. The molecule has 0 atom stereocenters. The Kier molecular flexibility index (Phi) is 5.41. The Labute approximate surface area is 140 Å². The monoisotopic (exact) mass is 358 g/mol. The fourth-order valence-corrected chi connectivity index (χ4v) is 2.92. The van der Waals surface area contributed by atoms with Gasteiger partial charge in [-0.05, 0) is 36.4 Å². The van der Waals surface area contributed by atoms with Gasteiger partial charge in [-0.15, -0.1) is 0 Å². The molecule has 2 aromatic rings. The van der Waals surface area contributed by atoms with Gasteiger partial charge in [0.1, 0.15) is 4.32 Å². The summed E-state index contributed by atoms with van der Waals surface area (Å²) in [6, 6.07) is 11.4. The second kappa shape index (κ2) is 7.09. The number of rotatable bonds is 3. The van der Waals surface area contributed by atoms with Crippen LogP contribution in [0.4, 0.5) is 11.4 Å². The van der Waals surface area contributed by atoms with Crippen LogP contribution in [-0.4, -0.2) is 9.24 Å². The van der Waals surface area contributed by atoms with E-state index in [0.29, 0.717) is 19.3 Å². The summed E-state index contributed by atoms with van der Waals surface area (Å²) in [5.41, 5.74) is 0.682. The Balaban J connectivity index is 2.12. The van der Waals surface area contributed by atoms with Crippen LogP contribution in [0, 0.1) is 10.1 Å². The molecule has 4 nitrogen and oxygen atoms in total. The van der Waals surface area contributed by atoms with Crippen molar-refractivity contribution in [1.82, 2.24) is 0 Å². The summed E-state index contributed by atoms with van der Waals surface area (Å²) >= 11 is 17.8. The number of hydrogen-bond donors (Lipinski definition) is 1. The van der Waals surface area contributed by atoms with Crippen LogP contribution < -0.4 is 5.32 Å². The van der Waals surface area contributed by atoms with Gasteiger partial charge >= 0.3 is 0 Å². The van der Waals surface area contributed by atoms with E-state index in [-0.39, 0.29) is 5.69 Å². The second-order valence-corrected chi connectivity index (χ2v) is 6.48. The number of hydrogen-bond acceptors (Lipinski definition) is 4. The minimum Gasteiger partial charge on any atom is -0.341 e. The van der Waals surface area contributed by atoms with Crippen LogP contribution in [0.3, 0.4) is 0 Å². The molecule has 8 heteroatoms. The van der Waals surface area contributed by atoms with Gasteiger partial charge in [-0.1, -0.05) is 47.2 Å². The Morgan fingerprint density at radius 3 is 2.38 bits per heavy atom. The van der Waals surface area contributed by atoms with Gasteiger partial charge in [0.2, 0.25) is 0 Å². The summed E-state index contributed by atoms with van der Waals surface area (Å²) in [4.78, 5) is 10.9. The molecule has 0 saturated carbocycles. The minimum atomic E-state index is -0.487. The Morgan fingerprint density at radius 2 is 1.76 bits per heavy atom. The number of nitrogens with zero attached hydrogens (tertiary/aromatic N) is 1. The van der Waals surface area contributed by atoms with Crippen LogP contribution in [0.15, 0.2) is 47.4 Å². The van der Waals surface area contributed by atoms with E-state index in [2.05, 4.69) is 5.32 Å². The van der Waals surface area contributed by atoms with Crippen molar-refractivity contribution in [2.24, 2.45) is 0 Å². The zero-order valence-corrected chi connectivity index (χ0v) is 13.5. The smallest absolute Gasteiger partial charge is 0.284 e. The van der Waals surface area contributed by atoms with Gasteiger partial charge in [-0.25, -0.2) is 0 Å². The predicted octanol–water partition coefficient (Wildman–Crippen LogP) is 5.39. The highest BCUT2D eigenvalue weighted by Gasteiger charge is 2.16. The van der Waals surface area contributed by atoms with Crippen molar-refractivity contribution in [3.8, 4) is 0 Å². The molecule has 0 bridgehead atoms. The first-order valence-electron chi connectivity index (χ1n) is 5.64. The maximum Gasteiger partial charge on any atom is 0.284 e. The van der Waals surface area contributed by atoms with Crippen molar-refractivity contribution in [1.29, 1.82) is 0 Å². The third kappa shape index (κ3) is 4.57. The first kappa shape index (κ1) is 16.0. The summed E-state index contributed by atoms with van der Waals surface area (Å²) in [5, 5.41) is 14.9. The van der Waals surface area contributed by atoms with E-state index in [1.165, 1.54) is 6.07 Å². The molecule has 2 rings (SSSR count). The average Bonchev–Trinajstić information content (AvgIpc) is 2.43. The first-order valence-corrected chi connectivity index (χ1v) is 7.62. The van der Waals surface area contributed by atoms with Crippen molar-refractivity contribution >= 4 is 62.9 Å². The predicted molar refractivity (Wildman–Crippen MR) is 91.6 cm³/mol. The third-order valence-corrected chi connectivity index (χ3v) is 4.10. The number of halogens is 2. The van der Waals surface area contributed by atoms with Crippen LogP contribution in [0.5, 0.6) is 0 Å². The van der Waals surface area contributed by atoms with Gasteiger partial charge < -0.3 is 5.32 Å². The number of nitro groups is 1. The Hall–Kier alpha value is -1.34. The fraction of sp³-hybridized carbons (Fsp3) is 0. The van der Waals surface area contributed by atoms with Crippen molar-refractivity contribution < 1.29 is 4.92 Å². The number of anilines is 1. The molecule has 0 fully saturated rings. The van der Waals surface area contributed by atoms with Crippen molar-refractivity contribution in [2.45, 2.75) is 4.90 Å². The maximum absolute atomic E-state index is 11.0. The summed E-state index contributed by atoms with van der Waals surface area (Å²) in [6.07, 6.45) is 0. The van der Waals surface area contributed by atoms with Crippen LogP contribution >= 0.6 is 47.2 Å². The molecular formula is C13H8Cl2N2O2S2. The van der Waals surface area contributed by atoms with Crippen molar-refractivity contribution in [2.75, 3.05) is 5.32 Å². The van der Waals surface area contributed by atoms with Crippen LogP contribution in [0.1, 0.15) is 0 Å². The Bertz CT molecular complexity index is 693. The van der Waals surface area contributed by atoms with Gasteiger partial charge in [0.25, 0.3) is 5.69 Å². The maximum atomic E-state index is 11.0. The first-order chi connectivity index (χ1) is 9.95. The minimum absolute atomic E-state index is 0.0762. The van der Waals surface area contributed by atoms with Crippen molar-refractivity contribution in [3.63, 3.8) is 0 Å². The highest BCUT2D eigenvalue weighted by atomic mass is 35.5. The Morgan fingerprint density at radius 1 is 1.14 bits per heavy atom. The summed E-state index contributed by atoms with van der Waals surface area (Å²) in [5.74, 6) is 0. The van der Waals surface area contributed by atoms with E-state index in [9.17, 15) is 10.1 Å². The zero-order chi connectivity index (χ0) is 15.4. The van der Waals surface area contributed by atoms with E-state index in [4.69, 9.17) is 35.4 Å². The van der Waals surface area contributed by atoms with E-state index in [0.717, 1.165) is 17.4 Å². The van der Waals surface area contributed by atoms with Crippen LogP contribution in [-0.2, 0) is 0 Å². The number of thiocarbonyl (C=S) groups is 1. The molecule has 0 aliphatic heterocycles. The normalized spacial score (nSPS) is 10.2. The molecule has 21 heavy (non-hydrogen) atoms. The van der Waals surface area contributed by atoms with Gasteiger partial charge in [0, 0.05) is 21.8 Å². The third-order valence-electron chi connectivity index (χ3n) is 2.41. The molecule has 0 unspecified atom stereocenters. The molecular weight excluding hydrogens is 351 g/mol. The molecule has 0 aliphatic rings. The molecule has 0 heterocycles. The van der Waals surface area contributed by atoms with Gasteiger partial charge in [-0.3, -0.25) is 10.1 Å². The molecule has 2 aromatic carbocycles. The highest BCUT2D eigenvalue weighted by Crippen LogP contribution is 2.32. The standard InChI is InChI=1S/C13H8Cl2N2O2S2/c14-8-1-4-10(5-2-8)16-13(20)21-12-6-3-9(15)7-11(12)17(18)19/h1-7H,(H,16,20). The topological polar surface area (TPSA) is 55.2 Å². The average molecular weight is 359 g/mol.